The molecule has 0 radical (unpaired) electrons. The van der Waals surface area contributed by atoms with E-state index in [0.29, 0.717) is 10.0 Å². The van der Waals surface area contributed by atoms with Gasteiger partial charge >= 0.3 is 5.97 Å². The van der Waals surface area contributed by atoms with Crippen molar-refractivity contribution in [3.63, 3.8) is 0 Å². The summed E-state index contributed by atoms with van der Waals surface area (Å²) in [6.45, 7) is 1.31. The summed E-state index contributed by atoms with van der Waals surface area (Å²) in [5, 5.41) is 11.5. The molecule has 0 saturated carbocycles. The van der Waals surface area contributed by atoms with Crippen LogP contribution in [0.25, 0.3) is 0 Å². The van der Waals surface area contributed by atoms with Gasteiger partial charge in [-0.25, -0.2) is 4.39 Å². The van der Waals surface area contributed by atoms with Crippen molar-refractivity contribution < 1.29 is 19.1 Å². The smallest absolute Gasteiger partial charge is 0.319 e. The monoisotopic (exact) mass is 317 g/mol. The molecule has 1 aromatic rings. The molecule has 2 N–H and O–H groups in total. The number of aliphatic carboxylic acids is 1. The van der Waals surface area contributed by atoms with Gasteiger partial charge in [0.05, 0.1) is 0 Å². The van der Waals surface area contributed by atoms with Crippen molar-refractivity contribution in [1.82, 2.24) is 5.32 Å². The summed E-state index contributed by atoms with van der Waals surface area (Å²) in [4.78, 5) is 22.9. The Morgan fingerprint density at radius 1 is 1.44 bits per heavy atom. The first-order chi connectivity index (χ1) is 8.29. The maximum atomic E-state index is 13.2. The molecule has 0 saturated heterocycles. The zero-order valence-electron chi connectivity index (χ0n) is 9.96. The van der Waals surface area contributed by atoms with Crippen LogP contribution in [0.3, 0.4) is 0 Å². The summed E-state index contributed by atoms with van der Waals surface area (Å²) in [6, 6.07) is 4.07. The van der Waals surface area contributed by atoms with Crippen molar-refractivity contribution in [3.8, 4) is 0 Å². The predicted octanol–water partition coefficient (Wildman–Crippen LogP) is 1.97. The molecule has 18 heavy (non-hydrogen) atoms. The molecule has 1 amide bonds. The second-order valence-electron chi connectivity index (χ2n) is 4.17. The van der Waals surface area contributed by atoms with E-state index in [1.807, 2.05) is 0 Å². The fourth-order valence-corrected chi connectivity index (χ4v) is 2.16. The molecule has 0 aliphatic rings. The molecule has 0 aromatic heterocycles. The van der Waals surface area contributed by atoms with Gasteiger partial charge in [-0.05, 0) is 37.1 Å². The van der Waals surface area contributed by atoms with E-state index in [1.54, 1.807) is 6.07 Å². The number of carboxylic acids is 1. The topological polar surface area (TPSA) is 66.4 Å². The molecular weight excluding hydrogens is 305 g/mol. The van der Waals surface area contributed by atoms with Crippen LogP contribution in [0.5, 0.6) is 0 Å². The normalized spacial score (nSPS) is 13.8. The number of benzene rings is 1. The molecule has 0 fully saturated rings. The average molecular weight is 318 g/mol. The van der Waals surface area contributed by atoms with E-state index in [-0.39, 0.29) is 6.42 Å². The van der Waals surface area contributed by atoms with E-state index in [0.717, 1.165) is 0 Å². The Hall–Kier alpha value is -1.43. The van der Waals surface area contributed by atoms with Crippen LogP contribution in [-0.4, -0.2) is 24.0 Å². The molecule has 1 rings (SSSR count). The number of carboxylic acid groups (broad SMARTS) is 1. The lowest BCUT2D eigenvalue weighted by Crippen LogP contribution is -2.44. The van der Waals surface area contributed by atoms with Crippen LogP contribution in [0.15, 0.2) is 22.7 Å². The van der Waals surface area contributed by atoms with Gasteiger partial charge in [-0.2, -0.15) is 0 Å². The molecule has 0 spiro atoms. The van der Waals surface area contributed by atoms with Gasteiger partial charge in [-0.3, -0.25) is 9.59 Å². The maximum absolute atomic E-state index is 13.2. The summed E-state index contributed by atoms with van der Waals surface area (Å²) in [6.07, 6.45) is -0.0850. The van der Waals surface area contributed by atoms with Gasteiger partial charge < -0.3 is 10.4 Å². The summed E-state index contributed by atoms with van der Waals surface area (Å²) in [5.74, 6) is -2.35. The summed E-state index contributed by atoms with van der Waals surface area (Å²) in [5.41, 5.74) is -1.18. The van der Waals surface area contributed by atoms with Gasteiger partial charge in [0.25, 0.3) is 0 Å². The SMILES string of the molecule is CNC(=O)C(C)(Cc1cc(F)cc(Br)c1)C(=O)O. The number of nitrogens with one attached hydrogen (secondary N) is 1. The first-order valence-corrected chi connectivity index (χ1v) is 5.99. The Kier molecular flexibility index (Phi) is 4.45. The average Bonchev–Trinajstić information content (AvgIpc) is 2.25. The van der Waals surface area contributed by atoms with Crippen LogP contribution in [0.1, 0.15) is 12.5 Å². The van der Waals surface area contributed by atoms with Crippen LogP contribution in [-0.2, 0) is 16.0 Å². The second-order valence-corrected chi connectivity index (χ2v) is 5.09. The first-order valence-electron chi connectivity index (χ1n) is 5.20. The fraction of sp³-hybridized carbons (Fsp3) is 0.333. The lowest BCUT2D eigenvalue weighted by atomic mass is 9.82. The highest BCUT2D eigenvalue weighted by atomic mass is 79.9. The highest BCUT2D eigenvalue weighted by Gasteiger charge is 2.40. The van der Waals surface area contributed by atoms with Crippen molar-refractivity contribution >= 4 is 27.8 Å². The van der Waals surface area contributed by atoms with Crippen LogP contribution in [0.2, 0.25) is 0 Å². The summed E-state index contributed by atoms with van der Waals surface area (Å²) < 4.78 is 13.7. The van der Waals surface area contributed by atoms with Crippen molar-refractivity contribution in [2.45, 2.75) is 13.3 Å². The Labute approximate surface area is 112 Å². The molecule has 1 aromatic carbocycles. The minimum Gasteiger partial charge on any atom is -0.480 e. The van der Waals surface area contributed by atoms with Gasteiger partial charge in [-0.15, -0.1) is 0 Å². The van der Waals surface area contributed by atoms with Crippen molar-refractivity contribution in [1.29, 1.82) is 0 Å². The Morgan fingerprint density at radius 2 is 2.06 bits per heavy atom. The fourth-order valence-electron chi connectivity index (χ4n) is 1.65. The van der Waals surface area contributed by atoms with Gasteiger partial charge in [0, 0.05) is 11.5 Å². The molecular formula is C12H13BrFNO3. The van der Waals surface area contributed by atoms with Crippen LogP contribution < -0.4 is 5.32 Å². The number of halogens is 2. The van der Waals surface area contributed by atoms with E-state index in [1.165, 1.54) is 26.1 Å². The van der Waals surface area contributed by atoms with Crippen molar-refractivity contribution in [3.05, 3.63) is 34.1 Å². The van der Waals surface area contributed by atoms with Gasteiger partial charge in [0.1, 0.15) is 11.2 Å². The van der Waals surface area contributed by atoms with E-state index < -0.39 is 23.1 Å². The van der Waals surface area contributed by atoms with Gasteiger partial charge in [0.15, 0.2) is 0 Å². The lowest BCUT2D eigenvalue weighted by Gasteiger charge is -2.22. The zero-order valence-corrected chi connectivity index (χ0v) is 11.5. The third kappa shape index (κ3) is 3.07. The molecule has 98 valence electrons. The molecule has 0 aliphatic carbocycles. The third-order valence-electron chi connectivity index (χ3n) is 2.68. The molecule has 1 atom stereocenters. The molecule has 0 heterocycles. The van der Waals surface area contributed by atoms with E-state index in [2.05, 4.69) is 21.2 Å². The zero-order chi connectivity index (χ0) is 13.9. The lowest BCUT2D eigenvalue weighted by molar-refractivity contribution is -0.154. The van der Waals surface area contributed by atoms with Gasteiger partial charge in [0.2, 0.25) is 5.91 Å². The highest BCUT2D eigenvalue weighted by molar-refractivity contribution is 9.10. The van der Waals surface area contributed by atoms with E-state index in [9.17, 15) is 14.0 Å². The predicted molar refractivity (Wildman–Crippen MR) is 67.6 cm³/mol. The minimum atomic E-state index is -1.62. The standard InChI is InChI=1S/C12H13BrFNO3/c1-12(11(17)18,10(16)15-2)6-7-3-8(13)5-9(14)4-7/h3-5H,6H2,1-2H3,(H,15,16)(H,17,18). The molecule has 1 unspecified atom stereocenters. The molecule has 0 bridgehead atoms. The Balaban J connectivity index is 3.11. The second kappa shape index (κ2) is 5.48. The van der Waals surface area contributed by atoms with Crippen LogP contribution in [0, 0.1) is 11.2 Å². The quantitative estimate of drug-likeness (QED) is 0.834. The summed E-state index contributed by atoms with van der Waals surface area (Å²) >= 11 is 3.12. The van der Waals surface area contributed by atoms with Crippen LogP contribution in [0.4, 0.5) is 4.39 Å². The van der Waals surface area contributed by atoms with Crippen LogP contribution >= 0.6 is 15.9 Å². The third-order valence-corrected chi connectivity index (χ3v) is 3.14. The first kappa shape index (κ1) is 14.6. The number of hydrogen-bond donors (Lipinski definition) is 2. The number of amides is 1. The molecule has 4 nitrogen and oxygen atoms in total. The van der Waals surface area contributed by atoms with Crippen molar-refractivity contribution in [2.24, 2.45) is 5.41 Å². The maximum Gasteiger partial charge on any atom is 0.319 e. The number of carbonyl (C=O) groups excluding carboxylic acids is 1. The highest BCUT2D eigenvalue weighted by Crippen LogP contribution is 2.26. The largest absolute Gasteiger partial charge is 0.480 e. The number of hydrogen-bond acceptors (Lipinski definition) is 2. The van der Waals surface area contributed by atoms with E-state index in [4.69, 9.17) is 5.11 Å². The molecule has 6 heteroatoms. The van der Waals surface area contributed by atoms with E-state index >= 15 is 0 Å². The van der Waals surface area contributed by atoms with Gasteiger partial charge in [-0.1, -0.05) is 15.9 Å². The van der Waals surface area contributed by atoms with Crippen molar-refractivity contribution in [2.75, 3.05) is 7.05 Å². The summed E-state index contributed by atoms with van der Waals surface area (Å²) in [7, 11) is 1.37. The Morgan fingerprint density at radius 3 is 2.50 bits per heavy atom. The minimum absolute atomic E-state index is 0.0850. The molecule has 0 aliphatic heterocycles. The number of rotatable bonds is 4. The number of carbonyl (C=O) groups is 2. The Bertz CT molecular complexity index is 472.